The lowest BCUT2D eigenvalue weighted by molar-refractivity contribution is 0.102. The third kappa shape index (κ3) is 2.68. The maximum absolute atomic E-state index is 12.7. The summed E-state index contributed by atoms with van der Waals surface area (Å²) in [6, 6.07) is 3.52. The molecule has 120 valence electrons. The molecule has 0 atom stereocenters. The van der Waals surface area contributed by atoms with E-state index in [1.807, 2.05) is 6.92 Å². The molecule has 1 amide bonds. The number of aryl methyl sites for hydroxylation is 3. The highest BCUT2D eigenvalue weighted by Crippen LogP contribution is 2.33. The van der Waals surface area contributed by atoms with E-state index in [9.17, 15) is 4.79 Å². The fraction of sp³-hybridized carbons (Fsp3) is 0.312. The lowest BCUT2D eigenvalue weighted by Crippen LogP contribution is -2.13. The average molecular weight is 331 g/mol. The van der Waals surface area contributed by atoms with Crippen molar-refractivity contribution < 1.29 is 14.1 Å². The van der Waals surface area contributed by atoms with Gasteiger partial charge < -0.3 is 14.6 Å². The topological polar surface area (TPSA) is 77.2 Å². The van der Waals surface area contributed by atoms with Crippen LogP contribution in [0.15, 0.2) is 16.7 Å². The van der Waals surface area contributed by atoms with Crippen molar-refractivity contribution in [3.63, 3.8) is 0 Å². The van der Waals surface area contributed by atoms with E-state index < -0.39 is 0 Å². The van der Waals surface area contributed by atoms with Crippen LogP contribution in [0.3, 0.4) is 0 Å². The number of amides is 1. The van der Waals surface area contributed by atoms with Gasteiger partial charge in [0.1, 0.15) is 22.6 Å². The summed E-state index contributed by atoms with van der Waals surface area (Å²) < 4.78 is 11.3. The SMILES string of the molecule is CCc1nc2c(OC)ccc(C(=O)Nc3c(C)noc3C)c2s1. The molecule has 7 heteroatoms. The van der Waals surface area contributed by atoms with Gasteiger partial charge in [0.25, 0.3) is 5.91 Å². The molecule has 0 aliphatic carbocycles. The Morgan fingerprint density at radius 3 is 2.78 bits per heavy atom. The van der Waals surface area contributed by atoms with Gasteiger partial charge in [-0.3, -0.25) is 4.79 Å². The van der Waals surface area contributed by atoms with Crippen LogP contribution in [0, 0.1) is 13.8 Å². The van der Waals surface area contributed by atoms with E-state index in [1.54, 1.807) is 33.1 Å². The van der Waals surface area contributed by atoms with E-state index in [1.165, 1.54) is 11.3 Å². The summed E-state index contributed by atoms with van der Waals surface area (Å²) in [5.41, 5.74) is 2.55. The summed E-state index contributed by atoms with van der Waals surface area (Å²) in [6.07, 6.45) is 0.813. The Balaban J connectivity index is 2.05. The van der Waals surface area contributed by atoms with E-state index in [-0.39, 0.29) is 5.91 Å². The quantitative estimate of drug-likeness (QED) is 0.788. The molecule has 0 saturated carbocycles. The number of fused-ring (bicyclic) bond motifs is 1. The van der Waals surface area contributed by atoms with Crippen molar-refractivity contribution in [2.45, 2.75) is 27.2 Å². The summed E-state index contributed by atoms with van der Waals surface area (Å²) in [7, 11) is 1.60. The maximum atomic E-state index is 12.7. The smallest absolute Gasteiger partial charge is 0.257 e. The lowest BCUT2D eigenvalue weighted by Gasteiger charge is -2.07. The Bertz CT molecular complexity index is 863. The zero-order chi connectivity index (χ0) is 16.6. The second-order valence-electron chi connectivity index (χ2n) is 5.11. The molecule has 0 unspecified atom stereocenters. The zero-order valence-electron chi connectivity index (χ0n) is 13.4. The minimum Gasteiger partial charge on any atom is -0.494 e. The molecule has 3 aromatic rings. The van der Waals surface area contributed by atoms with Crippen molar-refractivity contribution in [1.29, 1.82) is 0 Å². The number of carbonyl (C=O) groups is 1. The number of nitrogens with zero attached hydrogens (tertiary/aromatic N) is 2. The predicted octanol–water partition coefficient (Wildman–Crippen LogP) is 3.72. The molecule has 1 N–H and O–H groups in total. The first-order valence-electron chi connectivity index (χ1n) is 7.25. The Morgan fingerprint density at radius 2 is 2.17 bits per heavy atom. The van der Waals surface area contributed by atoms with Crippen molar-refractivity contribution >= 4 is 33.1 Å². The van der Waals surface area contributed by atoms with Crippen LogP contribution in [0.2, 0.25) is 0 Å². The summed E-state index contributed by atoms with van der Waals surface area (Å²) in [5.74, 6) is 1.04. The molecule has 0 radical (unpaired) electrons. The zero-order valence-corrected chi connectivity index (χ0v) is 14.2. The van der Waals surface area contributed by atoms with Crippen LogP contribution in [-0.2, 0) is 6.42 Å². The van der Waals surface area contributed by atoms with Crippen molar-refractivity contribution in [3.05, 3.63) is 34.2 Å². The molecule has 1 aromatic carbocycles. The van der Waals surface area contributed by atoms with Crippen molar-refractivity contribution in [3.8, 4) is 5.75 Å². The first-order valence-corrected chi connectivity index (χ1v) is 8.07. The predicted molar refractivity (Wildman–Crippen MR) is 89.5 cm³/mol. The van der Waals surface area contributed by atoms with Crippen LogP contribution in [0.4, 0.5) is 5.69 Å². The highest BCUT2D eigenvalue weighted by Gasteiger charge is 2.19. The molecule has 0 bridgehead atoms. The number of thiazole rings is 1. The number of nitrogens with one attached hydrogen (secondary N) is 1. The van der Waals surface area contributed by atoms with Gasteiger partial charge in [0.05, 0.1) is 22.4 Å². The van der Waals surface area contributed by atoms with Gasteiger partial charge in [0.2, 0.25) is 0 Å². The van der Waals surface area contributed by atoms with Crippen molar-refractivity contribution in [2.75, 3.05) is 12.4 Å². The van der Waals surface area contributed by atoms with E-state index in [0.29, 0.717) is 28.5 Å². The standard InChI is InChI=1S/C16H17N3O3S/c1-5-12-17-14-11(21-4)7-6-10(15(14)23-12)16(20)18-13-8(2)19-22-9(13)3/h6-7H,5H2,1-4H3,(H,18,20). The molecule has 23 heavy (non-hydrogen) atoms. The van der Waals surface area contributed by atoms with E-state index in [0.717, 1.165) is 21.6 Å². The summed E-state index contributed by atoms with van der Waals surface area (Å²) in [5, 5.41) is 7.69. The maximum Gasteiger partial charge on any atom is 0.257 e. The lowest BCUT2D eigenvalue weighted by atomic mass is 10.1. The largest absolute Gasteiger partial charge is 0.494 e. The number of methoxy groups -OCH3 is 1. The third-order valence-corrected chi connectivity index (χ3v) is 4.82. The average Bonchev–Trinajstić information content (AvgIpc) is 3.12. The summed E-state index contributed by atoms with van der Waals surface area (Å²) >= 11 is 1.51. The minimum absolute atomic E-state index is 0.210. The number of carbonyl (C=O) groups excluding carboxylic acids is 1. The van der Waals surface area contributed by atoms with Gasteiger partial charge in [-0.05, 0) is 32.4 Å². The molecule has 0 aliphatic heterocycles. The first-order chi connectivity index (χ1) is 11.0. The van der Waals surface area contributed by atoms with Crippen LogP contribution >= 0.6 is 11.3 Å². The molecule has 2 heterocycles. The molecule has 2 aromatic heterocycles. The number of anilines is 1. The summed E-state index contributed by atoms with van der Waals surface area (Å²) in [6.45, 7) is 5.59. The van der Waals surface area contributed by atoms with Crippen LogP contribution < -0.4 is 10.1 Å². The van der Waals surface area contributed by atoms with Gasteiger partial charge in [0, 0.05) is 0 Å². The van der Waals surface area contributed by atoms with Gasteiger partial charge >= 0.3 is 0 Å². The molecular formula is C16H17N3O3S. The number of ether oxygens (including phenoxy) is 1. The number of rotatable bonds is 4. The summed E-state index contributed by atoms with van der Waals surface area (Å²) in [4.78, 5) is 17.2. The highest BCUT2D eigenvalue weighted by atomic mass is 32.1. The highest BCUT2D eigenvalue weighted by molar-refractivity contribution is 7.19. The Kier molecular flexibility index (Phi) is 4.04. The van der Waals surface area contributed by atoms with Gasteiger partial charge in [-0.25, -0.2) is 4.98 Å². The van der Waals surface area contributed by atoms with Gasteiger partial charge in [0.15, 0.2) is 5.76 Å². The van der Waals surface area contributed by atoms with E-state index >= 15 is 0 Å². The molecule has 0 fully saturated rings. The second-order valence-corrected chi connectivity index (χ2v) is 6.19. The second kappa shape index (κ2) is 6.00. The number of hydrogen-bond acceptors (Lipinski definition) is 6. The van der Waals surface area contributed by atoms with E-state index in [2.05, 4.69) is 15.5 Å². The Hall–Kier alpha value is -2.41. The molecule has 3 rings (SSSR count). The van der Waals surface area contributed by atoms with Crippen molar-refractivity contribution in [1.82, 2.24) is 10.1 Å². The van der Waals surface area contributed by atoms with Gasteiger partial charge in [-0.1, -0.05) is 12.1 Å². The first kappa shape index (κ1) is 15.5. The van der Waals surface area contributed by atoms with Crippen LogP contribution in [0.1, 0.15) is 33.7 Å². The molecule has 0 aliphatic rings. The Labute approximate surface area is 137 Å². The van der Waals surface area contributed by atoms with Gasteiger partial charge in [-0.15, -0.1) is 11.3 Å². The number of hydrogen-bond donors (Lipinski definition) is 1. The monoisotopic (exact) mass is 331 g/mol. The molecule has 0 spiro atoms. The fourth-order valence-electron chi connectivity index (χ4n) is 2.36. The van der Waals surface area contributed by atoms with Crippen LogP contribution in [-0.4, -0.2) is 23.2 Å². The number of benzene rings is 1. The van der Waals surface area contributed by atoms with E-state index in [4.69, 9.17) is 9.26 Å². The number of aromatic nitrogens is 2. The fourth-order valence-corrected chi connectivity index (χ4v) is 3.40. The normalized spacial score (nSPS) is 11.0. The van der Waals surface area contributed by atoms with Crippen molar-refractivity contribution in [2.24, 2.45) is 0 Å². The molecular weight excluding hydrogens is 314 g/mol. The van der Waals surface area contributed by atoms with Crippen LogP contribution in [0.5, 0.6) is 5.75 Å². The Morgan fingerprint density at radius 1 is 1.39 bits per heavy atom. The van der Waals surface area contributed by atoms with Crippen LogP contribution in [0.25, 0.3) is 10.2 Å². The molecule has 6 nitrogen and oxygen atoms in total. The molecule has 0 saturated heterocycles. The third-order valence-electron chi connectivity index (χ3n) is 3.59. The minimum atomic E-state index is -0.210. The van der Waals surface area contributed by atoms with Gasteiger partial charge in [-0.2, -0.15) is 0 Å².